The van der Waals surface area contributed by atoms with Crippen LogP contribution < -0.4 is 4.72 Å². The van der Waals surface area contributed by atoms with Crippen molar-refractivity contribution in [3.8, 4) is 0 Å². The zero-order chi connectivity index (χ0) is 24.9. The number of hydrogen-bond donors (Lipinski definition) is 1. The highest BCUT2D eigenvalue weighted by Gasteiger charge is 2.23. The normalized spacial score (nSPS) is 11.9. The summed E-state index contributed by atoms with van der Waals surface area (Å²) < 4.78 is 30.5. The van der Waals surface area contributed by atoms with E-state index in [2.05, 4.69) is 42.8 Å². The topological polar surface area (TPSA) is 93.9 Å². The van der Waals surface area contributed by atoms with Gasteiger partial charge in [0.15, 0.2) is 5.65 Å². The van der Waals surface area contributed by atoms with Gasteiger partial charge in [0.2, 0.25) is 0 Å². The number of hydrogen-bond acceptors (Lipinski definition) is 6. The van der Waals surface area contributed by atoms with E-state index in [1.807, 2.05) is 42.7 Å². The highest BCUT2D eigenvalue weighted by Crippen LogP contribution is 2.30. The number of amides is 1. The molecule has 0 radical (unpaired) electrons. The van der Waals surface area contributed by atoms with Crippen LogP contribution in [0.15, 0.2) is 63.3 Å². The average molecular weight is 590 g/mol. The minimum absolute atomic E-state index is 0.0139. The van der Waals surface area contributed by atoms with Crippen molar-refractivity contribution in [2.75, 3.05) is 0 Å². The van der Waals surface area contributed by atoms with Crippen LogP contribution in [0.5, 0.6) is 0 Å². The van der Waals surface area contributed by atoms with Crippen LogP contribution in [0.2, 0.25) is 4.34 Å². The number of aromatic nitrogens is 3. The molecule has 0 saturated heterocycles. The first-order valence-corrected chi connectivity index (χ1v) is 13.9. The highest BCUT2D eigenvalue weighted by atomic mass is 79.9. The van der Waals surface area contributed by atoms with E-state index in [1.54, 1.807) is 0 Å². The summed E-state index contributed by atoms with van der Waals surface area (Å²) >= 11 is 10.5. The fourth-order valence-corrected chi connectivity index (χ4v) is 6.96. The molecule has 0 saturated carbocycles. The van der Waals surface area contributed by atoms with Crippen molar-refractivity contribution >= 4 is 76.7 Å². The second-order valence-corrected chi connectivity index (χ2v) is 12.4. The standard InChI is InChI=1S/C24H18BrClN4O3S2/c1-13-11-18(24(31)29-35(32,33)20-10-9-19(26)34-20)28-23-22(13)27-14(2)30(23)12-16-8-7-15-5-3-4-6-17(15)21(16)25/h3-11H,12H2,1-2H3,(H,29,31). The van der Waals surface area contributed by atoms with Gasteiger partial charge in [0.25, 0.3) is 15.9 Å². The molecule has 11 heteroatoms. The molecule has 5 rings (SSSR count). The molecule has 0 aliphatic carbocycles. The number of benzene rings is 2. The Bertz CT molecular complexity index is 1740. The summed E-state index contributed by atoms with van der Waals surface area (Å²) in [5.74, 6) is -0.0918. The summed E-state index contributed by atoms with van der Waals surface area (Å²) in [6.07, 6.45) is 0. The van der Waals surface area contributed by atoms with Crippen molar-refractivity contribution in [3.05, 3.63) is 86.1 Å². The van der Waals surface area contributed by atoms with Gasteiger partial charge >= 0.3 is 0 Å². The molecule has 5 aromatic rings. The lowest BCUT2D eigenvalue weighted by Crippen LogP contribution is -2.30. The number of carbonyl (C=O) groups excluding carboxylic acids is 1. The molecule has 0 unspecified atom stereocenters. The van der Waals surface area contributed by atoms with E-state index in [0.717, 1.165) is 43.5 Å². The summed E-state index contributed by atoms with van der Waals surface area (Å²) in [4.78, 5) is 22.1. The number of pyridine rings is 1. The van der Waals surface area contributed by atoms with Crippen LogP contribution >= 0.6 is 38.9 Å². The Hall–Kier alpha value is -2.79. The summed E-state index contributed by atoms with van der Waals surface area (Å²) in [7, 11) is -4.07. The largest absolute Gasteiger partial charge is 0.308 e. The van der Waals surface area contributed by atoms with Crippen LogP contribution in [0.1, 0.15) is 27.4 Å². The van der Waals surface area contributed by atoms with E-state index < -0.39 is 15.9 Å². The van der Waals surface area contributed by atoms with E-state index in [1.165, 1.54) is 18.2 Å². The molecule has 2 aromatic carbocycles. The summed E-state index contributed by atoms with van der Waals surface area (Å²) in [6, 6.07) is 16.5. The molecule has 0 bridgehead atoms. The third-order valence-corrected chi connectivity index (χ3v) is 9.62. The summed E-state index contributed by atoms with van der Waals surface area (Å²) in [5.41, 5.74) is 2.89. The quantitative estimate of drug-likeness (QED) is 0.278. The SMILES string of the molecule is Cc1cc(C(=O)NS(=O)(=O)c2ccc(Cl)s2)nc2c1nc(C)n2Cc1ccc2ccccc2c1Br. The number of nitrogens with one attached hydrogen (secondary N) is 1. The van der Waals surface area contributed by atoms with Gasteiger partial charge in [-0.2, -0.15) is 0 Å². The molecule has 0 fully saturated rings. The fraction of sp³-hybridized carbons (Fsp3) is 0.125. The third kappa shape index (κ3) is 4.47. The van der Waals surface area contributed by atoms with Crippen molar-refractivity contribution in [1.82, 2.24) is 19.3 Å². The Kier molecular flexibility index (Phi) is 6.16. The lowest BCUT2D eigenvalue weighted by molar-refractivity contribution is 0.0977. The molecule has 0 aliphatic rings. The van der Waals surface area contributed by atoms with Gasteiger partial charge in [0.05, 0.1) is 10.9 Å². The Morgan fingerprint density at radius 2 is 1.89 bits per heavy atom. The summed E-state index contributed by atoms with van der Waals surface area (Å²) in [6.45, 7) is 4.16. The van der Waals surface area contributed by atoms with Gasteiger partial charge in [0.1, 0.15) is 21.2 Å². The monoisotopic (exact) mass is 588 g/mol. The smallest absolute Gasteiger partial charge is 0.283 e. The van der Waals surface area contributed by atoms with E-state index in [9.17, 15) is 13.2 Å². The zero-order valence-electron chi connectivity index (χ0n) is 18.5. The van der Waals surface area contributed by atoms with Crippen molar-refractivity contribution in [2.45, 2.75) is 24.6 Å². The van der Waals surface area contributed by atoms with E-state index in [4.69, 9.17) is 11.6 Å². The molecule has 1 N–H and O–H groups in total. The maximum Gasteiger partial charge on any atom is 0.283 e. The van der Waals surface area contributed by atoms with Crippen molar-refractivity contribution in [1.29, 1.82) is 0 Å². The lowest BCUT2D eigenvalue weighted by Gasteiger charge is -2.12. The van der Waals surface area contributed by atoms with Gasteiger partial charge in [-0.05, 0) is 69.9 Å². The molecule has 3 aromatic heterocycles. The molecule has 0 atom stereocenters. The third-order valence-electron chi connectivity index (χ3n) is 5.63. The van der Waals surface area contributed by atoms with Crippen molar-refractivity contribution in [2.24, 2.45) is 0 Å². The maximum atomic E-state index is 12.9. The van der Waals surface area contributed by atoms with Gasteiger partial charge in [-0.15, -0.1) is 11.3 Å². The molecule has 1 amide bonds. The predicted octanol–water partition coefficient (Wildman–Crippen LogP) is 5.85. The zero-order valence-corrected chi connectivity index (χ0v) is 22.5. The molecule has 3 heterocycles. The molecule has 7 nitrogen and oxygen atoms in total. The second-order valence-electron chi connectivity index (χ2n) is 7.99. The second kappa shape index (κ2) is 9.02. The molecular formula is C24H18BrClN4O3S2. The van der Waals surface area contributed by atoms with E-state index in [-0.39, 0.29) is 9.90 Å². The highest BCUT2D eigenvalue weighted by molar-refractivity contribution is 9.10. The van der Waals surface area contributed by atoms with Gasteiger partial charge in [-0.3, -0.25) is 4.79 Å². The van der Waals surface area contributed by atoms with Crippen LogP contribution in [-0.2, 0) is 16.6 Å². The van der Waals surface area contributed by atoms with Gasteiger partial charge in [-0.25, -0.2) is 23.1 Å². The number of rotatable bonds is 5. The molecule has 0 spiro atoms. The van der Waals surface area contributed by atoms with Crippen LogP contribution in [-0.4, -0.2) is 28.9 Å². The number of imidazole rings is 1. The number of nitrogens with zero attached hydrogens (tertiary/aromatic N) is 3. The van der Waals surface area contributed by atoms with Crippen LogP contribution in [0, 0.1) is 13.8 Å². The number of sulfonamides is 1. The first-order valence-electron chi connectivity index (χ1n) is 10.5. The molecule has 178 valence electrons. The average Bonchev–Trinajstić information content (AvgIpc) is 3.40. The van der Waals surface area contributed by atoms with Crippen molar-refractivity contribution < 1.29 is 13.2 Å². The number of thiophene rings is 1. The van der Waals surface area contributed by atoms with Crippen LogP contribution in [0.3, 0.4) is 0 Å². The molecule has 0 aliphatic heterocycles. The first kappa shape index (κ1) is 23.9. The Balaban J connectivity index is 1.53. The lowest BCUT2D eigenvalue weighted by atomic mass is 10.1. The van der Waals surface area contributed by atoms with E-state index >= 15 is 0 Å². The number of fused-ring (bicyclic) bond motifs is 2. The minimum Gasteiger partial charge on any atom is -0.308 e. The van der Waals surface area contributed by atoms with Crippen LogP contribution in [0.4, 0.5) is 0 Å². The number of aryl methyl sites for hydroxylation is 2. The Morgan fingerprint density at radius 1 is 1.11 bits per heavy atom. The first-order chi connectivity index (χ1) is 16.6. The number of halogens is 2. The van der Waals surface area contributed by atoms with Gasteiger partial charge in [-0.1, -0.05) is 48.0 Å². The van der Waals surface area contributed by atoms with Crippen molar-refractivity contribution in [3.63, 3.8) is 0 Å². The summed E-state index contributed by atoms with van der Waals surface area (Å²) in [5, 5.41) is 2.21. The minimum atomic E-state index is -4.07. The van der Waals surface area contributed by atoms with Gasteiger partial charge < -0.3 is 4.57 Å². The van der Waals surface area contributed by atoms with Crippen LogP contribution in [0.25, 0.3) is 21.9 Å². The van der Waals surface area contributed by atoms with Gasteiger partial charge in [0, 0.05) is 4.47 Å². The molecule has 35 heavy (non-hydrogen) atoms. The Morgan fingerprint density at radius 3 is 2.63 bits per heavy atom. The van der Waals surface area contributed by atoms with E-state index in [0.29, 0.717) is 22.0 Å². The number of carbonyl (C=O) groups is 1. The molecular weight excluding hydrogens is 572 g/mol. The predicted molar refractivity (Wildman–Crippen MR) is 142 cm³/mol. The maximum absolute atomic E-state index is 12.9. The fourth-order valence-electron chi connectivity index (χ4n) is 3.89. The Labute approximate surface area is 219 Å².